The van der Waals surface area contributed by atoms with Crippen molar-refractivity contribution in [2.45, 2.75) is 32.1 Å². The zero-order valence-corrected chi connectivity index (χ0v) is 16.8. The van der Waals surface area contributed by atoms with Gasteiger partial charge in [0.05, 0.1) is 10.9 Å². The average molecular weight is 404 g/mol. The molecule has 0 fully saturated rings. The van der Waals surface area contributed by atoms with Crippen LogP contribution in [-0.4, -0.2) is 21.8 Å². The van der Waals surface area contributed by atoms with Crippen molar-refractivity contribution in [1.29, 1.82) is 0 Å². The van der Waals surface area contributed by atoms with Crippen LogP contribution in [0.2, 0.25) is 0 Å². The highest BCUT2D eigenvalue weighted by Gasteiger charge is 2.20. The second-order valence-corrected chi connectivity index (χ2v) is 8.53. The monoisotopic (exact) mass is 403 g/mol. The van der Waals surface area contributed by atoms with Crippen molar-refractivity contribution < 1.29 is 4.79 Å². The predicted octanol–water partition coefficient (Wildman–Crippen LogP) is 3.76. The fraction of sp³-hybridized carbons (Fsp3) is 0.261. The summed E-state index contributed by atoms with van der Waals surface area (Å²) in [7, 11) is 0. The number of hydrogen-bond acceptors (Lipinski definition) is 4. The van der Waals surface area contributed by atoms with Crippen LogP contribution in [0.4, 0.5) is 0 Å². The van der Waals surface area contributed by atoms with Gasteiger partial charge in [0.1, 0.15) is 10.5 Å². The summed E-state index contributed by atoms with van der Waals surface area (Å²) in [5, 5.41) is 3.68. The molecule has 5 nitrogen and oxygen atoms in total. The maximum absolute atomic E-state index is 13.2. The SMILES string of the molecule is O=C(NCCc1ccccc1)c1ccc2nc3sc4c(c3c(=O)n2c1)CCCC4. The molecular formula is C23H21N3O2S. The van der Waals surface area contributed by atoms with E-state index in [2.05, 4.69) is 5.32 Å². The second-order valence-electron chi connectivity index (χ2n) is 7.45. The zero-order chi connectivity index (χ0) is 19.8. The number of rotatable bonds is 4. The standard InChI is InChI=1S/C23H21N3O2S/c27-21(24-13-12-15-6-2-1-3-7-15)16-10-11-19-25-22-20(23(28)26(19)14-16)17-8-4-5-9-18(17)29-22/h1-3,6-7,10-11,14H,4-5,8-9,12-13H2,(H,24,27). The molecule has 146 valence electrons. The molecule has 0 unspecified atom stereocenters. The highest BCUT2D eigenvalue weighted by atomic mass is 32.1. The number of aryl methyl sites for hydroxylation is 2. The summed E-state index contributed by atoms with van der Waals surface area (Å²) < 4.78 is 1.52. The fourth-order valence-electron chi connectivity index (χ4n) is 4.02. The van der Waals surface area contributed by atoms with E-state index in [1.807, 2.05) is 30.3 Å². The highest BCUT2D eigenvalue weighted by Crippen LogP contribution is 2.33. The lowest BCUT2D eigenvalue weighted by Crippen LogP contribution is -2.27. The van der Waals surface area contributed by atoms with E-state index in [-0.39, 0.29) is 11.5 Å². The molecule has 0 saturated heterocycles. The van der Waals surface area contributed by atoms with Gasteiger partial charge in [-0.1, -0.05) is 30.3 Å². The van der Waals surface area contributed by atoms with Crippen molar-refractivity contribution in [1.82, 2.24) is 14.7 Å². The molecule has 0 atom stereocenters. The molecule has 0 spiro atoms. The van der Waals surface area contributed by atoms with Gasteiger partial charge in [0.25, 0.3) is 11.5 Å². The molecule has 1 amide bonds. The van der Waals surface area contributed by atoms with Gasteiger partial charge >= 0.3 is 0 Å². The van der Waals surface area contributed by atoms with Crippen LogP contribution >= 0.6 is 11.3 Å². The van der Waals surface area contributed by atoms with Crippen molar-refractivity contribution in [2.24, 2.45) is 0 Å². The summed E-state index contributed by atoms with van der Waals surface area (Å²) in [6.45, 7) is 0.547. The molecule has 0 radical (unpaired) electrons. The smallest absolute Gasteiger partial charge is 0.266 e. The first kappa shape index (κ1) is 18.1. The number of nitrogens with one attached hydrogen (secondary N) is 1. The Morgan fingerprint density at radius 3 is 2.79 bits per heavy atom. The molecule has 1 N–H and O–H groups in total. The van der Waals surface area contributed by atoms with Crippen molar-refractivity contribution >= 4 is 33.1 Å². The van der Waals surface area contributed by atoms with Crippen molar-refractivity contribution in [3.05, 3.63) is 80.6 Å². The molecule has 4 aromatic rings. The number of fused-ring (bicyclic) bond motifs is 4. The number of amides is 1. The molecule has 0 aliphatic heterocycles. The Kier molecular flexibility index (Phi) is 4.64. The Labute approximate surface area is 172 Å². The number of thiophene rings is 1. The Morgan fingerprint density at radius 1 is 1.10 bits per heavy atom. The van der Waals surface area contributed by atoms with Crippen LogP contribution in [0.3, 0.4) is 0 Å². The molecular weight excluding hydrogens is 382 g/mol. The molecule has 1 aromatic carbocycles. The number of carbonyl (C=O) groups excluding carboxylic acids is 1. The molecule has 3 aromatic heterocycles. The molecule has 3 heterocycles. The Balaban J connectivity index is 1.44. The van der Waals surface area contributed by atoms with Gasteiger partial charge in [-0.2, -0.15) is 0 Å². The van der Waals surface area contributed by atoms with E-state index in [1.165, 1.54) is 26.8 Å². The van der Waals surface area contributed by atoms with E-state index in [0.29, 0.717) is 17.8 Å². The van der Waals surface area contributed by atoms with E-state index in [0.717, 1.165) is 35.9 Å². The third-order valence-corrected chi connectivity index (χ3v) is 6.72. The quantitative estimate of drug-likeness (QED) is 0.564. The van der Waals surface area contributed by atoms with E-state index >= 15 is 0 Å². The topological polar surface area (TPSA) is 63.5 Å². The van der Waals surface area contributed by atoms with E-state index in [1.54, 1.807) is 29.7 Å². The number of nitrogens with zero attached hydrogens (tertiary/aromatic N) is 2. The van der Waals surface area contributed by atoms with E-state index in [4.69, 9.17) is 4.98 Å². The third-order valence-electron chi connectivity index (χ3n) is 5.53. The largest absolute Gasteiger partial charge is 0.352 e. The summed E-state index contributed by atoms with van der Waals surface area (Å²) >= 11 is 1.64. The van der Waals surface area contributed by atoms with Crippen LogP contribution in [0.25, 0.3) is 15.9 Å². The van der Waals surface area contributed by atoms with Gasteiger partial charge in [0.15, 0.2) is 0 Å². The van der Waals surface area contributed by atoms with Gasteiger partial charge in [0.2, 0.25) is 0 Å². The normalized spacial score (nSPS) is 13.5. The summed E-state index contributed by atoms with van der Waals surface area (Å²) in [6.07, 6.45) is 6.65. The Morgan fingerprint density at radius 2 is 1.93 bits per heavy atom. The molecule has 1 aliphatic carbocycles. The van der Waals surface area contributed by atoms with Crippen LogP contribution in [0.15, 0.2) is 53.5 Å². The predicted molar refractivity (Wildman–Crippen MR) is 116 cm³/mol. The minimum absolute atomic E-state index is 0.0664. The minimum atomic E-state index is -0.179. The van der Waals surface area contributed by atoms with Crippen molar-refractivity contribution in [3.8, 4) is 0 Å². The van der Waals surface area contributed by atoms with Gasteiger partial charge in [-0.3, -0.25) is 14.0 Å². The van der Waals surface area contributed by atoms with E-state index < -0.39 is 0 Å². The van der Waals surface area contributed by atoms with E-state index in [9.17, 15) is 9.59 Å². The molecule has 0 bridgehead atoms. The maximum Gasteiger partial charge on any atom is 0.266 e. The first-order chi connectivity index (χ1) is 14.2. The lowest BCUT2D eigenvalue weighted by Gasteiger charge is -2.10. The van der Waals surface area contributed by atoms with Gasteiger partial charge in [-0.15, -0.1) is 11.3 Å². The van der Waals surface area contributed by atoms with Crippen molar-refractivity contribution in [3.63, 3.8) is 0 Å². The number of aromatic nitrogens is 2. The van der Waals surface area contributed by atoms with Gasteiger partial charge in [0, 0.05) is 17.6 Å². The zero-order valence-electron chi connectivity index (χ0n) is 16.0. The highest BCUT2D eigenvalue weighted by molar-refractivity contribution is 7.18. The molecule has 5 rings (SSSR count). The summed E-state index contributed by atoms with van der Waals surface area (Å²) in [5.74, 6) is -0.179. The second kappa shape index (κ2) is 7.44. The number of benzene rings is 1. The van der Waals surface area contributed by atoms with Crippen LogP contribution in [-0.2, 0) is 19.3 Å². The van der Waals surface area contributed by atoms with Crippen LogP contribution < -0.4 is 10.9 Å². The third kappa shape index (κ3) is 3.34. The molecule has 0 saturated carbocycles. The first-order valence-corrected chi connectivity index (χ1v) is 10.8. The molecule has 29 heavy (non-hydrogen) atoms. The van der Waals surface area contributed by atoms with Crippen molar-refractivity contribution in [2.75, 3.05) is 6.54 Å². The Bertz CT molecular complexity index is 1270. The fourth-order valence-corrected chi connectivity index (χ4v) is 5.28. The summed E-state index contributed by atoms with van der Waals surface area (Å²) in [5.41, 5.74) is 3.33. The summed E-state index contributed by atoms with van der Waals surface area (Å²) in [6, 6.07) is 13.5. The molecule has 6 heteroatoms. The van der Waals surface area contributed by atoms with Gasteiger partial charge in [-0.05, 0) is 55.4 Å². The maximum atomic E-state index is 13.2. The lowest BCUT2D eigenvalue weighted by atomic mass is 9.97. The molecule has 1 aliphatic rings. The van der Waals surface area contributed by atoms with Crippen LogP contribution in [0.5, 0.6) is 0 Å². The summed E-state index contributed by atoms with van der Waals surface area (Å²) in [4.78, 5) is 32.6. The van der Waals surface area contributed by atoms with Gasteiger partial charge < -0.3 is 5.32 Å². The van der Waals surface area contributed by atoms with Gasteiger partial charge in [-0.25, -0.2) is 4.98 Å². The average Bonchev–Trinajstić information content (AvgIpc) is 3.13. The van der Waals surface area contributed by atoms with Crippen LogP contribution in [0, 0.1) is 0 Å². The number of carbonyl (C=O) groups is 1. The first-order valence-electron chi connectivity index (χ1n) is 9.99. The lowest BCUT2D eigenvalue weighted by molar-refractivity contribution is 0.0953. The van der Waals surface area contributed by atoms with Crippen LogP contribution in [0.1, 0.15) is 39.2 Å². The minimum Gasteiger partial charge on any atom is -0.352 e. The number of pyridine rings is 1. The number of hydrogen-bond donors (Lipinski definition) is 1. The Hall–Kier alpha value is -2.99.